The van der Waals surface area contributed by atoms with Crippen molar-refractivity contribution in [3.63, 3.8) is 0 Å². The third kappa shape index (κ3) is 71.5. The quantitative estimate of drug-likeness (QED) is 0.0245. The third-order valence-corrected chi connectivity index (χ3v) is 10.4. The molecule has 0 fully saturated rings. The van der Waals surface area contributed by atoms with E-state index in [4.69, 9.17) is 121 Å². The smallest absolute Gasteiger partial charge is 0.410 e. The highest BCUT2D eigenvalue weighted by Crippen LogP contribution is 2.17. The summed E-state index contributed by atoms with van der Waals surface area (Å²) in [6.45, 7) is 21.5. The second kappa shape index (κ2) is 76.7. The van der Waals surface area contributed by atoms with E-state index in [9.17, 15) is 19.3 Å². The van der Waals surface area contributed by atoms with Gasteiger partial charge in [-0.15, -0.1) is 0 Å². The number of benzene rings is 1. The minimum atomic E-state index is -1.00. The predicted octanol–water partition coefficient (Wildman–Crippen LogP) is 2.96. The maximum Gasteiger partial charge on any atom is 0.412 e. The molecule has 0 heterocycles. The number of nitrogens with one attached hydrogen (secondary N) is 1. The molecule has 0 aliphatic rings. The van der Waals surface area contributed by atoms with E-state index < -0.39 is 18.2 Å². The summed E-state index contributed by atoms with van der Waals surface area (Å²) < 4.78 is 147. The van der Waals surface area contributed by atoms with Crippen LogP contribution in [-0.2, 0) is 109 Å². The molecule has 0 spiro atoms. The number of carbonyl (C=O) groups is 1. The van der Waals surface area contributed by atoms with Gasteiger partial charge in [-0.05, 0) is 17.7 Å². The highest BCUT2D eigenvalue weighted by Gasteiger charge is 2.08. The first kappa shape index (κ1) is 83.2. The Bertz CT molecular complexity index is 1650. The second-order valence-electron chi connectivity index (χ2n) is 17.1. The van der Waals surface area contributed by atoms with Gasteiger partial charge in [-0.2, -0.15) is 0 Å². The lowest BCUT2D eigenvalue weighted by Gasteiger charge is -2.09. The van der Waals surface area contributed by atoms with Gasteiger partial charge in [0.2, 0.25) is 0 Å². The highest BCUT2D eigenvalue weighted by atomic mass is 19.1. The molecule has 0 atom stereocenters. The number of halogens is 1. The Morgan fingerprint density at radius 1 is 0.393 bits per heavy atom. The Morgan fingerprint density at radius 2 is 0.573 bits per heavy atom. The van der Waals surface area contributed by atoms with Crippen molar-refractivity contribution in [3.8, 4) is 5.75 Å². The SMILES string of the molecule is [2H]CF.[N-]=[N+]=NCCOCCOCCOCCOCCOCCOCCOCCOCCOCCOCCOCCOCCOCCOCCOCCOCCOCCOCCOCCOCCOCCOCCOCCNC(=O)Oc1ccc([N+](=O)[O-])cc1. The van der Waals surface area contributed by atoms with Crippen molar-refractivity contribution in [1.82, 2.24) is 5.32 Å². The van der Waals surface area contributed by atoms with Crippen LogP contribution in [-0.4, -0.2) is 335 Å². The molecule has 1 N–H and O–H groups in total. The van der Waals surface area contributed by atoms with Gasteiger partial charge < -0.3 is 119 Å². The van der Waals surface area contributed by atoms with Crippen molar-refractivity contribution >= 4 is 11.8 Å². The summed E-state index contributed by atoms with van der Waals surface area (Å²) in [5, 5.41) is 16.6. The largest absolute Gasteiger partial charge is 0.412 e. The zero-order valence-electron chi connectivity index (χ0n) is 53.1. The highest BCUT2D eigenvalue weighted by molar-refractivity contribution is 5.70. The van der Waals surface area contributed by atoms with Gasteiger partial charge in [-0.1, -0.05) is 5.11 Å². The Morgan fingerprint density at radius 3 is 0.753 bits per heavy atom. The molecule has 1 rings (SSSR count). The lowest BCUT2D eigenvalue weighted by atomic mass is 10.3. The Labute approximate surface area is 524 Å². The molecule has 0 radical (unpaired) electrons. The van der Waals surface area contributed by atoms with Crippen LogP contribution < -0.4 is 10.1 Å². The van der Waals surface area contributed by atoms with Gasteiger partial charge in [-0.25, -0.2) is 4.79 Å². The summed E-state index contributed by atoms with van der Waals surface area (Å²) in [6.07, 6.45) is -0.684. The van der Waals surface area contributed by atoms with Crippen LogP contribution in [0.25, 0.3) is 10.4 Å². The normalized spacial score (nSPS) is 11.4. The maximum atomic E-state index is 11.8. The van der Waals surface area contributed by atoms with Crippen molar-refractivity contribution < 1.29 is 129 Å². The van der Waals surface area contributed by atoms with E-state index in [1.54, 1.807) is 0 Å². The van der Waals surface area contributed by atoms with Gasteiger partial charge in [0.15, 0.2) is 0 Å². The standard InChI is InChI=1S/C55H101N5O27.CH3F/c56-59-58-6-8-65-10-12-67-14-16-69-18-20-71-22-24-73-26-28-75-30-32-77-34-36-79-38-40-81-42-44-83-46-48-85-50-52-86-51-49-84-47-45-82-43-41-80-39-37-78-35-33-76-31-29-74-27-25-72-23-21-70-19-17-68-15-13-66-11-9-64-7-5-57-55(61)87-54-3-1-53(2-4-54)60(62)63;1-2/h1-4H,5-52H2,(H,57,61);1H3/i;1D. The fourth-order valence-corrected chi connectivity index (χ4v) is 6.09. The number of nitro groups is 1. The first-order chi connectivity index (χ1) is 44.5. The molecular formula is C56H104FN5O27. The first-order valence-corrected chi connectivity index (χ1v) is 29.9. The van der Waals surface area contributed by atoms with Crippen molar-refractivity contribution in [2.45, 2.75) is 0 Å². The number of alkyl halides is 1. The number of carbonyl (C=O) groups excluding carboxylic acids is 1. The van der Waals surface area contributed by atoms with Gasteiger partial charge in [0.25, 0.3) is 5.69 Å². The number of hydrogen-bond donors (Lipinski definition) is 1. The van der Waals surface area contributed by atoms with Crippen LogP contribution in [0.1, 0.15) is 1.37 Å². The Balaban J connectivity index is 0.0000258. The van der Waals surface area contributed by atoms with Crippen LogP contribution in [0.4, 0.5) is 14.9 Å². The first-order valence-electron chi connectivity index (χ1n) is 30.6. The van der Waals surface area contributed by atoms with Gasteiger partial charge in [0, 0.05) is 30.1 Å². The van der Waals surface area contributed by atoms with Crippen LogP contribution in [0.15, 0.2) is 29.4 Å². The number of non-ortho nitro benzene ring substituents is 1. The number of azide groups is 1. The van der Waals surface area contributed by atoms with Gasteiger partial charge in [0.1, 0.15) is 5.75 Å². The van der Waals surface area contributed by atoms with Crippen molar-refractivity contribution in [3.05, 3.63) is 44.8 Å². The van der Waals surface area contributed by atoms with E-state index in [0.717, 1.165) is 0 Å². The number of amides is 1. The lowest BCUT2D eigenvalue weighted by Crippen LogP contribution is -2.30. The molecule has 0 saturated heterocycles. The summed E-state index contributed by atoms with van der Waals surface area (Å²) >= 11 is 0. The zero-order chi connectivity index (χ0) is 64.9. The van der Waals surface area contributed by atoms with E-state index in [0.29, 0.717) is 304 Å². The van der Waals surface area contributed by atoms with Crippen molar-refractivity contribution in [1.29, 1.82) is 0 Å². The molecule has 89 heavy (non-hydrogen) atoms. The summed E-state index contributed by atoms with van der Waals surface area (Å²) in [7, 11) is -1.00. The van der Waals surface area contributed by atoms with Crippen molar-refractivity contribution in [2.24, 2.45) is 5.11 Å². The van der Waals surface area contributed by atoms with Crippen molar-refractivity contribution in [2.75, 3.05) is 324 Å². The third-order valence-electron chi connectivity index (χ3n) is 10.4. The minimum absolute atomic E-state index is 0.0918. The van der Waals surface area contributed by atoms with Gasteiger partial charge in [-0.3, -0.25) is 14.5 Å². The van der Waals surface area contributed by atoms with Crippen LogP contribution in [0.2, 0.25) is 0 Å². The maximum absolute atomic E-state index is 11.8. The molecule has 522 valence electrons. The van der Waals surface area contributed by atoms with Crippen LogP contribution in [0.5, 0.6) is 5.75 Å². The van der Waals surface area contributed by atoms with E-state index >= 15 is 0 Å². The molecule has 0 aliphatic carbocycles. The fraction of sp³-hybridized carbons (Fsp3) is 0.875. The predicted molar refractivity (Wildman–Crippen MR) is 317 cm³/mol. The van der Waals surface area contributed by atoms with E-state index in [1.165, 1.54) is 24.3 Å². The van der Waals surface area contributed by atoms with E-state index in [-0.39, 0.29) is 24.6 Å². The van der Waals surface area contributed by atoms with E-state index in [2.05, 4.69) is 15.3 Å². The van der Waals surface area contributed by atoms with E-state index in [1.807, 2.05) is 0 Å². The van der Waals surface area contributed by atoms with Gasteiger partial charge >= 0.3 is 6.09 Å². The molecule has 0 aromatic heterocycles. The average Bonchev–Trinajstić information content (AvgIpc) is 3.75. The summed E-state index contributed by atoms with van der Waals surface area (Å²) in [4.78, 5) is 24.6. The molecule has 1 aromatic rings. The molecule has 0 bridgehead atoms. The zero-order valence-corrected chi connectivity index (χ0v) is 52.1. The second-order valence-corrected chi connectivity index (χ2v) is 17.1. The molecule has 32 nitrogen and oxygen atoms in total. The number of hydrogen-bond acceptors (Lipinski definition) is 28. The lowest BCUT2D eigenvalue weighted by molar-refractivity contribution is -0.384. The molecule has 1 amide bonds. The van der Waals surface area contributed by atoms with Crippen LogP contribution in [0, 0.1) is 10.1 Å². The minimum Gasteiger partial charge on any atom is -0.410 e. The molecule has 1 aromatic carbocycles. The molecule has 0 aliphatic heterocycles. The number of rotatable bonds is 74. The number of nitrogens with zero attached hydrogens (tertiary/aromatic N) is 4. The Hall–Kier alpha value is -3.79. The topological polar surface area (TPSA) is 343 Å². The summed E-state index contributed by atoms with van der Waals surface area (Å²) in [6, 6.07) is 5.20. The number of ether oxygens (including phenoxy) is 24. The molecular weight excluding hydrogens is 1190 g/mol. The molecule has 0 unspecified atom stereocenters. The monoisotopic (exact) mass is 1300 g/mol. The van der Waals surface area contributed by atoms with Crippen LogP contribution in [0.3, 0.4) is 0 Å². The summed E-state index contributed by atoms with van der Waals surface area (Å²) in [5.41, 5.74) is 8.08. The fourth-order valence-electron chi connectivity index (χ4n) is 6.09. The van der Waals surface area contributed by atoms with Crippen LogP contribution >= 0.6 is 0 Å². The number of nitro benzene ring substituents is 1. The molecule has 0 saturated carbocycles. The average molecular weight is 1300 g/mol. The summed E-state index contributed by atoms with van der Waals surface area (Å²) in [5.74, 6) is 0.197. The van der Waals surface area contributed by atoms with Gasteiger partial charge in [0.05, 0.1) is 317 Å². The molecule has 33 heteroatoms. The Kier molecular flexibility index (Phi) is 71.7.